The maximum absolute atomic E-state index is 12.2. The van der Waals surface area contributed by atoms with Gasteiger partial charge in [-0.1, -0.05) is 12.1 Å². The van der Waals surface area contributed by atoms with Gasteiger partial charge in [0.2, 0.25) is 0 Å². The molecule has 1 fully saturated rings. The highest BCUT2D eigenvalue weighted by atomic mass is 127. The Bertz CT molecular complexity index is 769. The van der Waals surface area contributed by atoms with Crippen molar-refractivity contribution < 1.29 is 9.53 Å². The van der Waals surface area contributed by atoms with Crippen LogP contribution in [0, 0.1) is 3.57 Å². The molecule has 6 heteroatoms. The molecule has 0 radical (unpaired) electrons. The first kappa shape index (κ1) is 17.7. The number of ether oxygens (including phenoxy) is 1. The molecule has 1 aliphatic rings. The third kappa shape index (κ3) is 4.50. The van der Waals surface area contributed by atoms with Crippen LogP contribution < -0.4 is 15.1 Å². The van der Waals surface area contributed by atoms with Gasteiger partial charge < -0.3 is 9.64 Å². The lowest BCUT2D eigenvalue weighted by atomic mass is 10.2. The van der Waals surface area contributed by atoms with Crippen LogP contribution in [0.15, 0.2) is 47.6 Å². The monoisotopic (exact) mass is 449 g/mol. The molecule has 3 rings (SSSR count). The van der Waals surface area contributed by atoms with Crippen LogP contribution in [0.1, 0.15) is 28.8 Å². The molecule has 2 aromatic rings. The lowest BCUT2D eigenvalue weighted by Crippen LogP contribution is -2.18. The summed E-state index contributed by atoms with van der Waals surface area (Å²) in [7, 11) is 1.59. The number of benzene rings is 2. The molecular formula is C19H20IN3O2. The van der Waals surface area contributed by atoms with E-state index in [2.05, 4.69) is 50.2 Å². The van der Waals surface area contributed by atoms with Gasteiger partial charge in [-0.05, 0) is 71.3 Å². The molecule has 0 atom stereocenters. The highest BCUT2D eigenvalue weighted by Crippen LogP contribution is 2.22. The highest BCUT2D eigenvalue weighted by molar-refractivity contribution is 14.1. The van der Waals surface area contributed by atoms with Crippen LogP contribution in [0.2, 0.25) is 0 Å². The fourth-order valence-corrected chi connectivity index (χ4v) is 3.33. The van der Waals surface area contributed by atoms with Gasteiger partial charge in [-0.2, -0.15) is 5.10 Å². The summed E-state index contributed by atoms with van der Waals surface area (Å²) in [6.45, 7) is 2.26. The largest absolute Gasteiger partial charge is 0.496 e. The van der Waals surface area contributed by atoms with Crippen LogP contribution >= 0.6 is 22.6 Å². The molecule has 0 unspecified atom stereocenters. The van der Waals surface area contributed by atoms with E-state index in [1.54, 1.807) is 25.5 Å². The van der Waals surface area contributed by atoms with Gasteiger partial charge in [-0.15, -0.1) is 0 Å². The molecule has 1 saturated heterocycles. The maximum Gasteiger partial charge on any atom is 0.271 e. The summed E-state index contributed by atoms with van der Waals surface area (Å²) >= 11 is 2.16. The Morgan fingerprint density at radius 3 is 2.60 bits per heavy atom. The Morgan fingerprint density at radius 2 is 1.92 bits per heavy atom. The third-order valence-corrected chi connectivity index (χ3v) is 5.05. The summed E-state index contributed by atoms with van der Waals surface area (Å²) in [5.74, 6) is 0.411. The second-order valence-corrected chi connectivity index (χ2v) is 7.00. The summed E-state index contributed by atoms with van der Waals surface area (Å²) in [6.07, 6.45) is 4.17. The van der Waals surface area contributed by atoms with E-state index < -0.39 is 0 Å². The zero-order chi connectivity index (χ0) is 17.6. The molecule has 1 amide bonds. The number of rotatable bonds is 5. The summed E-state index contributed by atoms with van der Waals surface area (Å²) in [6, 6.07) is 13.5. The summed E-state index contributed by atoms with van der Waals surface area (Å²) in [5.41, 5.74) is 5.25. The van der Waals surface area contributed by atoms with Gasteiger partial charge in [0.05, 0.1) is 16.9 Å². The van der Waals surface area contributed by atoms with Crippen LogP contribution in [-0.4, -0.2) is 32.3 Å². The van der Waals surface area contributed by atoms with Crippen LogP contribution in [0.25, 0.3) is 0 Å². The van der Waals surface area contributed by atoms with E-state index in [1.807, 2.05) is 18.2 Å². The van der Waals surface area contributed by atoms with Crippen molar-refractivity contribution in [3.05, 3.63) is 57.2 Å². The van der Waals surface area contributed by atoms with E-state index in [-0.39, 0.29) is 5.91 Å². The number of nitrogens with zero attached hydrogens (tertiary/aromatic N) is 2. The molecule has 2 aromatic carbocycles. The number of carbonyl (C=O) groups excluding carboxylic acids is 1. The van der Waals surface area contributed by atoms with Crippen molar-refractivity contribution in [1.29, 1.82) is 0 Å². The van der Waals surface area contributed by atoms with Gasteiger partial charge in [-0.25, -0.2) is 5.43 Å². The Kier molecular flexibility index (Phi) is 5.91. The zero-order valence-corrected chi connectivity index (χ0v) is 16.2. The van der Waals surface area contributed by atoms with Crippen LogP contribution in [-0.2, 0) is 0 Å². The van der Waals surface area contributed by atoms with E-state index in [0.717, 1.165) is 22.2 Å². The van der Waals surface area contributed by atoms with Crippen molar-refractivity contribution in [2.24, 2.45) is 5.10 Å². The number of methoxy groups -OCH3 is 1. The van der Waals surface area contributed by atoms with Gasteiger partial charge in [-0.3, -0.25) is 4.79 Å². The molecule has 0 bridgehead atoms. The quantitative estimate of drug-likeness (QED) is 0.431. The SMILES string of the molecule is COc1cc(C(=O)N/N=C\c2ccc(N3CCCC3)cc2)ccc1I. The van der Waals surface area contributed by atoms with Crippen molar-refractivity contribution >= 4 is 40.4 Å². The van der Waals surface area contributed by atoms with E-state index in [0.29, 0.717) is 11.3 Å². The average molecular weight is 449 g/mol. The van der Waals surface area contributed by atoms with E-state index >= 15 is 0 Å². The molecule has 0 aliphatic carbocycles. The van der Waals surface area contributed by atoms with E-state index in [1.165, 1.54) is 18.5 Å². The van der Waals surface area contributed by atoms with Gasteiger partial charge in [0.25, 0.3) is 5.91 Å². The number of hydrazone groups is 1. The average Bonchev–Trinajstić information content (AvgIpc) is 3.17. The molecule has 5 nitrogen and oxygen atoms in total. The van der Waals surface area contributed by atoms with Gasteiger partial charge in [0.1, 0.15) is 5.75 Å². The minimum Gasteiger partial charge on any atom is -0.496 e. The Hall–Kier alpha value is -2.09. The number of hydrogen-bond acceptors (Lipinski definition) is 4. The zero-order valence-electron chi connectivity index (χ0n) is 14.0. The van der Waals surface area contributed by atoms with Crippen molar-refractivity contribution in [3.8, 4) is 5.75 Å². The van der Waals surface area contributed by atoms with Crippen molar-refractivity contribution in [3.63, 3.8) is 0 Å². The number of anilines is 1. The van der Waals surface area contributed by atoms with Gasteiger partial charge >= 0.3 is 0 Å². The summed E-state index contributed by atoms with van der Waals surface area (Å²) < 4.78 is 6.19. The van der Waals surface area contributed by atoms with Crippen LogP contribution in [0.5, 0.6) is 5.75 Å². The fourth-order valence-electron chi connectivity index (χ4n) is 2.78. The Morgan fingerprint density at radius 1 is 1.20 bits per heavy atom. The maximum atomic E-state index is 12.2. The molecule has 0 aromatic heterocycles. The minimum absolute atomic E-state index is 0.264. The molecule has 1 N–H and O–H groups in total. The number of nitrogens with one attached hydrogen (secondary N) is 1. The third-order valence-electron chi connectivity index (χ3n) is 4.16. The second-order valence-electron chi connectivity index (χ2n) is 5.83. The molecule has 130 valence electrons. The number of halogens is 1. The first-order valence-electron chi connectivity index (χ1n) is 8.19. The molecule has 1 aliphatic heterocycles. The molecule has 1 heterocycles. The Labute approximate surface area is 161 Å². The summed E-state index contributed by atoms with van der Waals surface area (Å²) in [5, 5.41) is 4.04. The lowest BCUT2D eigenvalue weighted by molar-refractivity contribution is 0.0954. The van der Waals surface area contributed by atoms with Crippen molar-refractivity contribution in [1.82, 2.24) is 5.43 Å². The molecule has 25 heavy (non-hydrogen) atoms. The first-order valence-corrected chi connectivity index (χ1v) is 9.27. The van der Waals surface area contributed by atoms with Gasteiger partial charge in [0, 0.05) is 24.3 Å². The normalized spacial score (nSPS) is 14.1. The Balaban J connectivity index is 1.59. The van der Waals surface area contributed by atoms with Crippen molar-refractivity contribution in [2.75, 3.05) is 25.1 Å². The predicted octanol–water partition coefficient (Wildman–Crippen LogP) is 3.66. The number of carbonyl (C=O) groups is 1. The second kappa shape index (κ2) is 8.33. The van der Waals surface area contributed by atoms with Crippen LogP contribution in [0.4, 0.5) is 5.69 Å². The van der Waals surface area contributed by atoms with E-state index in [9.17, 15) is 4.79 Å². The van der Waals surface area contributed by atoms with E-state index in [4.69, 9.17) is 4.74 Å². The topological polar surface area (TPSA) is 53.9 Å². The lowest BCUT2D eigenvalue weighted by Gasteiger charge is -2.17. The molecule has 0 saturated carbocycles. The smallest absolute Gasteiger partial charge is 0.271 e. The molecular weight excluding hydrogens is 429 g/mol. The summed E-state index contributed by atoms with van der Waals surface area (Å²) in [4.78, 5) is 14.5. The number of hydrogen-bond donors (Lipinski definition) is 1. The van der Waals surface area contributed by atoms with Gasteiger partial charge in [0.15, 0.2) is 0 Å². The molecule has 0 spiro atoms. The van der Waals surface area contributed by atoms with Crippen LogP contribution in [0.3, 0.4) is 0 Å². The predicted molar refractivity (Wildman–Crippen MR) is 109 cm³/mol. The first-order chi connectivity index (χ1) is 12.2. The standard InChI is InChI=1S/C19H20IN3O2/c1-25-18-12-15(6-9-17(18)20)19(24)22-21-13-14-4-7-16(8-5-14)23-10-2-3-11-23/h4-9,12-13H,2-3,10-11H2,1H3,(H,22,24)/b21-13-. The van der Waals surface area contributed by atoms with Crippen molar-refractivity contribution in [2.45, 2.75) is 12.8 Å². The highest BCUT2D eigenvalue weighted by Gasteiger charge is 2.11. The number of amides is 1. The fraction of sp³-hybridized carbons (Fsp3) is 0.263. The minimum atomic E-state index is -0.264.